The van der Waals surface area contributed by atoms with Gasteiger partial charge in [0.15, 0.2) is 0 Å². The predicted molar refractivity (Wildman–Crippen MR) is 72.6 cm³/mol. The molecular formula is C15H23NO3. The van der Waals surface area contributed by atoms with E-state index in [4.69, 9.17) is 0 Å². The highest BCUT2D eigenvalue weighted by Gasteiger charge is 2.35. The molecule has 0 saturated carbocycles. The zero-order valence-electron chi connectivity index (χ0n) is 11.5. The maximum atomic E-state index is 12.3. The molecule has 3 atom stereocenters. The summed E-state index contributed by atoms with van der Waals surface area (Å²) in [5, 5.41) is 9.32. The van der Waals surface area contributed by atoms with Crippen LogP contribution in [0.3, 0.4) is 0 Å². The molecule has 19 heavy (non-hydrogen) atoms. The van der Waals surface area contributed by atoms with Crippen LogP contribution >= 0.6 is 0 Å². The zero-order valence-corrected chi connectivity index (χ0v) is 11.5. The van der Waals surface area contributed by atoms with E-state index < -0.39 is 12.0 Å². The number of piperidine rings is 1. The van der Waals surface area contributed by atoms with E-state index in [9.17, 15) is 14.7 Å². The van der Waals surface area contributed by atoms with E-state index in [0.717, 1.165) is 25.7 Å². The van der Waals surface area contributed by atoms with Gasteiger partial charge in [0.25, 0.3) is 0 Å². The molecule has 1 fully saturated rings. The highest BCUT2D eigenvalue weighted by Crippen LogP contribution is 2.28. The fourth-order valence-corrected chi connectivity index (χ4v) is 3.15. The third kappa shape index (κ3) is 3.37. The van der Waals surface area contributed by atoms with Gasteiger partial charge < -0.3 is 10.0 Å². The van der Waals surface area contributed by atoms with Crippen molar-refractivity contribution in [2.45, 2.75) is 51.5 Å². The van der Waals surface area contributed by atoms with E-state index in [0.29, 0.717) is 31.2 Å². The second kappa shape index (κ2) is 6.22. The first-order chi connectivity index (χ1) is 9.11. The van der Waals surface area contributed by atoms with Crippen molar-refractivity contribution in [1.82, 2.24) is 4.90 Å². The number of nitrogens with zero attached hydrogens (tertiary/aromatic N) is 1. The minimum absolute atomic E-state index is 0.0125. The molecule has 1 aliphatic carbocycles. The number of amides is 1. The Labute approximate surface area is 114 Å². The first-order valence-electron chi connectivity index (χ1n) is 7.30. The maximum absolute atomic E-state index is 12.3. The molecule has 4 heteroatoms. The summed E-state index contributed by atoms with van der Waals surface area (Å²) in [6.07, 6.45) is 9.27. The summed E-state index contributed by atoms with van der Waals surface area (Å²) in [6.45, 7) is 2.69. The Balaban J connectivity index is 1.98. The third-order valence-corrected chi connectivity index (χ3v) is 4.44. The number of carboxylic acid groups (broad SMARTS) is 1. The minimum atomic E-state index is -0.853. The standard InChI is InChI=1S/C15H23NO3/c1-2-11-7-8-16(13(9-11)15(18)19)14(17)10-12-5-3-4-6-12/h3,5,11-13H,2,4,6-10H2,1H3,(H,18,19). The molecule has 2 rings (SSSR count). The van der Waals surface area contributed by atoms with Crippen LogP contribution in [0.15, 0.2) is 12.2 Å². The van der Waals surface area contributed by atoms with Gasteiger partial charge in [-0.05, 0) is 37.5 Å². The SMILES string of the molecule is CCC1CCN(C(=O)CC2C=CCC2)C(C(=O)O)C1. The van der Waals surface area contributed by atoms with Gasteiger partial charge in [-0.25, -0.2) is 4.79 Å². The van der Waals surface area contributed by atoms with Gasteiger partial charge in [0.05, 0.1) is 0 Å². The number of aliphatic carboxylic acids is 1. The Hall–Kier alpha value is -1.32. The van der Waals surface area contributed by atoms with Crippen molar-refractivity contribution >= 4 is 11.9 Å². The Bertz CT molecular complexity index is 378. The van der Waals surface area contributed by atoms with E-state index in [1.165, 1.54) is 0 Å². The lowest BCUT2D eigenvalue weighted by atomic mass is 9.88. The number of likely N-dealkylation sites (tertiary alicyclic amines) is 1. The molecule has 0 aromatic carbocycles. The van der Waals surface area contributed by atoms with Crippen molar-refractivity contribution in [3.05, 3.63) is 12.2 Å². The molecule has 1 heterocycles. The molecule has 0 bridgehead atoms. The summed E-state index contributed by atoms with van der Waals surface area (Å²) >= 11 is 0. The van der Waals surface area contributed by atoms with Gasteiger partial charge >= 0.3 is 5.97 Å². The molecule has 3 unspecified atom stereocenters. The number of carboxylic acids is 1. The molecule has 2 aliphatic rings. The molecule has 1 aliphatic heterocycles. The number of hydrogen-bond donors (Lipinski definition) is 1. The normalized spacial score (nSPS) is 30.6. The Kier molecular flexibility index (Phi) is 4.61. The van der Waals surface area contributed by atoms with E-state index in [1.807, 2.05) is 0 Å². The molecule has 106 valence electrons. The van der Waals surface area contributed by atoms with E-state index in [1.54, 1.807) is 4.90 Å². The second-order valence-corrected chi connectivity index (χ2v) is 5.71. The summed E-state index contributed by atoms with van der Waals surface area (Å²) in [6, 6.07) is -0.614. The summed E-state index contributed by atoms with van der Waals surface area (Å²) in [5.41, 5.74) is 0. The van der Waals surface area contributed by atoms with E-state index in [-0.39, 0.29) is 5.91 Å². The van der Waals surface area contributed by atoms with E-state index >= 15 is 0 Å². The lowest BCUT2D eigenvalue weighted by Crippen LogP contribution is -2.50. The van der Waals surface area contributed by atoms with Crippen LogP contribution < -0.4 is 0 Å². The number of allylic oxidation sites excluding steroid dienone is 2. The van der Waals surface area contributed by atoms with Gasteiger partial charge in [-0.1, -0.05) is 25.5 Å². The van der Waals surface area contributed by atoms with Crippen LogP contribution in [-0.4, -0.2) is 34.5 Å². The lowest BCUT2D eigenvalue weighted by molar-refractivity contribution is -0.153. The van der Waals surface area contributed by atoms with Crippen LogP contribution in [0.4, 0.5) is 0 Å². The van der Waals surface area contributed by atoms with Crippen LogP contribution in [-0.2, 0) is 9.59 Å². The molecular weight excluding hydrogens is 242 g/mol. The average Bonchev–Trinajstić information content (AvgIpc) is 2.90. The predicted octanol–water partition coefficient (Wildman–Crippen LogP) is 2.44. The van der Waals surface area contributed by atoms with Crippen molar-refractivity contribution in [3.63, 3.8) is 0 Å². The first-order valence-corrected chi connectivity index (χ1v) is 7.30. The Morgan fingerprint density at radius 2 is 2.16 bits per heavy atom. The number of hydrogen-bond acceptors (Lipinski definition) is 2. The largest absolute Gasteiger partial charge is 0.480 e. The second-order valence-electron chi connectivity index (χ2n) is 5.71. The number of carbonyl (C=O) groups excluding carboxylic acids is 1. The highest BCUT2D eigenvalue weighted by atomic mass is 16.4. The summed E-state index contributed by atoms with van der Waals surface area (Å²) < 4.78 is 0. The molecule has 0 spiro atoms. The lowest BCUT2D eigenvalue weighted by Gasteiger charge is -2.37. The van der Waals surface area contributed by atoms with Crippen LogP contribution in [0.25, 0.3) is 0 Å². The van der Waals surface area contributed by atoms with Crippen molar-refractivity contribution < 1.29 is 14.7 Å². The molecule has 0 aromatic rings. The van der Waals surface area contributed by atoms with Crippen LogP contribution in [0.5, 0.6) is 0 Å². The minimum Gasteiger partial charge on any atom is -0.480 e. The number of carbonyl (C=O) groups is 2. The summed E-state index contributed by atoms with van der Waals surface area (Å²) in [5.74, 6) is -0.0886. The van der Waals surface area contributed by atoms with Gasteiger partial charge in [0, 0.05) is 13.0 Å². The van der Waals surface area contributed by atoms with Crippen LogP contribution in [0, 0.1) is 11.8 Å². The van der Waals surface area contributed by atoms with Crippen LogP contribution in [0.2, 0.25) is 0 Å². The molecule has 1 amide bonds. The molecule has 0 aromatic heterocycles. The first kappa shape index (κ1) is 14.1. The van der Waals surface area contributed by atoms with Gasteiger partial charge in [-0.2, -0.15) is 0 Å². The molecule has 4 nitrogen and oxygen atoms in total. The van der Waals surface area contributed by atoms with Crippen molar-refractivity contribution in [2.75, 3.05) is 6.54 Å². The fourth-order valence-electron chi connectivity index (χ4n) is 3.15. The average molecular weight is 265 g/mol. The van der Waals surface area contributed by atoms with Gasteiger partial charge in [0.2, 0.25) is 5.91 Å². The van der Waals surface area contributed by atoms with Gasteiger partial charge in [0.1, 0.15) is 6.04 Å². The smallest absolute Gasteiger partial charge is 0.326 e. The third-order valence-electron chi connectivity index (χ3n) is 4.44. The van der Waals surface area contributed by atoms with Crippen molar-refractivity contribution in [2.24, 2.45) is 11.8 Å². The monoisotopic (exact) mass is 265 g/mol. The molecule has 1 N–H and O–H groups in total. The molecule has 0 radical (unpaired) electrons. The summed E-state index contributed by atoms with van der Waals surface area (Å²) in [7, 11) is 0. The Morgan fingerprint density at radius 1 is 1.37 bits per heavy atom. The summed E-state index contributed by atoms with van der Waals surface area (Å²) in [4.78, 5) is 25.3. The molecule has 1 saturated heterocycles. The van der Waals surface area contributed by atoms with Gasteiger partial charge in [-0.3, -0.25) is 4.79 Å². The highest BCUT2D eigenvalue weighted by molar-refractivity contribution is 5.84. The van der Waals surface area contributed by atoms with E-state index in [2.05, 4.69) is 19.1 Å². The van der Waals surface area contributed by atoms with Crippen molar-refractivity contribution in [1.29, 1.82) is 0 Å². The Morgan fingerprint density at radius 3 is 2.74 bits per heavy atom. The van der Waals surface area contributed by atoms with Crippen LogP contribution in [0.1, 0.15) is 45.4 Å². The number of rotatable bonds is 4. The zero-order chi connectivity index (χ0) is 13.8. The van der Waals surface area contributed by atoms with Crippen molar-refractivity contribution in [3.8, 4) is 0 Å². The van der Waals surface area contributed by atoms with Gasteiger partial charge in [-0.15, -0.1) is 0 Å². The quantitative estimate of drug-likeness (QED) is 0.794. The maximum Gasteiger partial charge on any atom is 0.326 e. The fraction of sp³-hybridized carbons (Fsp3) is 0.733. The topological polar surface area (TPSA) is 57.6 Å².